The number of hydrogen-bond donors (Lipinski definition) is 2. The first-order chi connectivity index (χ1) is 20.8. The first kappa shape index (κ1) is 29.8. The molecule has 3 aromatic rings. The van der Waals surface area contributed by atoms with Crippen molar-refractivity contribution in [2.45, 2.75) is 38.6 Å². The van der Waals surface area contributed by atoms with Crippen molar-refractivity contribution in [3.05, 3.63) is 108 Å². The summed E-state index contributed by atoms with van der Waals surface area (Å²) in [5, 5.41) is 7.84. The van der Waals surface area contributed by atoms with E-state index in [1.807, 2.05) is 78.9 Å². The molecule has 0 saturated carbocycles. The fourth-order valence-electron chi connectivity index (χ4n) is 5.92. The van der Waals surface area contributed by atoms with Crippen molar-refractivity contribution in [3.63, 3.8) is 0 Å². The molecule has 2 heterocycles. The first-order valence-corrected chi connectivity index (χ1v) is 14.6. The Labute approximate surface area is 252 Å². The number of nitrogens with zero attached hydrogens (tertiary/aromatic N) is 5. The van der Waals surface area contributed by atoms with Crippen LogP contribution in [0.4, 0.5) is 10.5 Å². The van der Waals surface area contributed by atoms with Crippen molar-refractivity contribution in [2.75, 3.05) is 31.7 Å². The molecule has 3 aromatic carbocycles. The Morgan fingerprint density at radius 3 is 2.42 bits per heavy atom. The maximum Gasteiger partial charge on any atom is 0.332 e. The lowest BCUT2D eigenvalue weighted by Gasteiger charge is -2.46. The average molecular weight is 582 g/mol. The lowest BCUT2D eigenvalue weighted by atomic mass is 9.99. The van der Waals surface area contributed by atoms with Crippen molar-refractivity contribution in [1.29, 1.82) is 0 Å². The van der Waals surface area contributed by atoms with Crippen LogP contribution in [0.2, 0.25) is 0 Å². The van der Waals surface area contributed by atoms with Gasteiger partial charge in [0.2, 0.25) is 5.91 Å². The minimum atomic E-state index is -0.825. The average Bonchev–Trinajstić information content (AvgIpc) is 3.35. The van der Waals surface area contributed by atoms with Gasteiger partial charge in [-0.25, -0.2) is 10.6 Å². The van der Waals surface area contributed by atoms with E-state index in [1.54, 1.807) is 32.9 Å². The van der Waals surface area contributed by atoms with Crippen molar-refractivity contribution in [2.24, 2.45) is 5.84 Å². The minimum Gasteiger partial charge on any atom is -0.333 e. The van der Waals surface area contributed by atoms with E-state index >= 15 is 0 Å². The van der Waals surface area contributed by atoms with Crippen LogP contribution in [0.5, 0.6) is 0 Å². The van der Waals surface area contributed by atoms with Gasteiger partial charge in [-0.15, -0.1) is 0 Å². The Hall–Kier alpha value is -4.67. The Morgan fingerprint density at radius 1 is 1.05 bits per heavy atom. The van der Waals surface area contributed by atoms with Crippen LogP contribution >= 0.6 is 0 Å². The van der Waals surface area contributed by atoms with E-state index in [1.165, 1.54) is 5.01 Å². The van der Waals surface area contributed by atoms with Gasteiger partial charge in [-0.3, -0.25) is 14.6 Å². The molecule has 5 rings (SSSR count). The number of nitrogens with two attached hydrogens (primary N) is 1. The molecule has 2 aliphatic heterocycles. The number of urea groups is 1. The van der Waals surface area contributed by atoms with Gasteiger partial charge in [0.05, 0.1) is 18.8 Å². The summed E-state index contributed by atoms with van der Waals surface area (Å²) in [6, 6.07) is 23.7. The number of para-hydroxylation sites is 1. The van der Waals surface area contributed by atoms with Gasteiger partial charge < -0.3 is 20.1 Å². The van der Waals surface area contributed by atoms with Crippen LogP contribution in [0.1, 0.15) is 41.6 Å². The predicted molar refractivity (Wildman–Crippen MR) is 167 cm³/mol. The highest BCUT2D eigenvalue weighted by atomic mass is 16.2. The second-order valence-electron chi connectivity index (χ2n) is 10.8. The zero-order valence-electron chi connectivity index (χ0n) is 24.7. The largest absolute Gasteiger partial charge is 0.333 e. The van der Waals surface area contributed by atoms with Gasteiger partial charge in [-0.2, -0.15) is 5.01 Å². The highest BCUT2D eigenvalue weighted by molar-refractivity contribution is 5.92. The van der Waals surface area contributed by atoms with Gasteiger partial charge in [0.15, 0.2) is 0 Å². The zero-order valence-corrected chi connectivity index (χ0v) is 24.7. The number of hydrogen-bond acceptors (Lipinski definition) is 6. The summed E-state index contributed by atoms with van der Waals surface area (Å²) in [5.41, 5.74) is 4.28. The SMILES string of the molecule is C=Cc1cccc(CN2C[C@H]3N(C(=O)CN3N(C)C(=O)NCc3ccccc3)[C@@H](c3ccccc3)C2=O)c1N(N)CCC. The lowest BCUT2D eigenvalue weighted by Crippen LogP contribution is -2.62. The summed E-state index contributed by atoms with van der Waals surface area (Å²) in [7, 11) is 1.65. The fraction of sp³-hybridized carbons (Fsp3) is 0.303. The summed E-state index contributed by atoms with van der Waals surface area (Å²) in [4.78, 5) is 44.4. The van der Waals surface area contributed by atoms with Gasteiger partial charge >= 0.3 is 6.03 Å². The van der Waals surface area contributed by atoms with E-state index in [9.17, 15) is 14.4 Å². The molecule has 0 bridgehead atoms. The Morgan fingerprint density at radius 2 is 1.74 bits per heavy atom. The van der Waals surface area contributed by atoms with Gasteiger partial charge in [0, 0.05) is 26.7 Å². The molecule has 0 spiro atoms. The second kappa shape index (κ2) is 13.1. The highest BCUT2D eigenvalue weighted by Crippen LogP contribution is 2.37. The van der Waals surface area contributed by atoms with Crippen LogP contribution in [0, 0.1) is 0 Å². The third-order valence-electron chi connectivity index (χ3n) is 8.02. The first-order valence-electron chi connectivity index (χ1n) is 14.6. The monoisotopic (exact) mass is 581 g/mol. The molecule has 43 heavy (non-hydrogen) atoms. The molecule has 224 valence electrons. The molecule has 10 nitrogen and oxygen atoms in total. The molecular formula is C33H39N7O3. The fourth-order valence-corrected chi connectivity index (χ4v) is 5.92. The molecule has 4 amide bonds. The van der Waals surface area contributed by atoms with E-state index in [-0.39, 0.29) is 37.5 Å². The maximum absolute atomic E-state index is 14.2. The topological polar surface area (TPSA) is 105 Å². The highest BCUT2D eigenvalue weighted by Gasteiger charge is 2.52. The number of carbonyl (C=O) groups excluding carboxylic acids is 3. The van der Waals surface area contributed by atoms with Crippen LogP contribution < -0.4 is 16.2 Å². The molecule has 2 saturated heterocycles. The molecule has 3 N–H and O–H groups in total. The number of amides is 4. The predicted octanol–water partition coefficient (Wildman–Crippen LogP) is 3.73. The molecule has 10 heteroatoms. The van der Waals surface area contributed by atoms with Crippen molar-refractivity contribution < 1.29 is 14.4 Å². The van der Waals surface area contributed by atoms with E-state index in [2.05, 4.69) is 18.8 Å². The van der Waals surface area contributed by atoms with E-state index in [0.29, 0.717) is 13.1 Å². The lowest BCUT2D eigenvalue weighted by molar-refractivity contribution is -0.157. The van der Waals surface area contributed by atoms with Crippen molar-refractivity contribution in [1.82, 2.24) is 25.1 Å². The maximum atomic E-state index is 14.2. The van der Waals surface area contributed by atoms with Gasteiger partial charge in [-0.05, 0) is 28.7 Å². The van der Waals surface area contributed by atoms with Crippen LogP contribution in [0.15, 0.2) is 85.4 Å². The van der Waals surface area contributed by atoms with Crippen molar-refractivity contribution >= 4 is 29.6 Å². The Bertz CT molecular complexity index is 1470. The molecule has 0 aliphatic carbocycles. The third-order valence-corrected chi connectivity index (χ3v) is 8.02. The van der Waals surface area contributed by atoms with E-state index < -0.39 is 12.2 Å². The Balaban J connectivity index is 1.46. The smallest absolute Gasteiger partial charge is 0.332 e. The number of carbonyl (C=O) groups is 3. The molecule has 2 atom stereocenters. The van der Waals surface area contributed by atoms with Gasteiger partial charge in [0.1, 0.15) is 12.2 Å². The normalized spacial score (nSPS) is 18.4. The number of hydrazine groups is 2. The number of piperazine rings is 1. The zero-order chi connectivity index (χ0) is 30.5. The molecule has 2 fully saturated rings. The summed E-state index contributed by atoms with van der Waals surface area (Å²) >= 11 is 0. The number of nitrogens with one attached hydrogen (secondary N) is 1. The Kier molecular flexibility index (Phi) is 9.08. The number of rotatable bonds is 10. The molecule has 2 aliphatic rings. The summed E-state index contributed by atoms with van der Waals surface area (Å²) in [6.07, 6.45) is 2.08. The van der Waals surface area contributed by atoms with Crippen molar-refractivity contribution in [3.8, 4) is 0 Å². The molecule has 0 aromatic heterocycles. The molecular weight excluding hydrogens is 542 g/mol. The number of anilines is 1. The summed E-state index contributed by atoms with van der Waals surface area (Å²) < 4.78 is 0. The third kappa shape index (κ3) is 6.11. The quantitative estimate of drug-likeness (QED) is 0.279. The van der Waals surface area contributed by atoms with E-state index in [0.717, 1.165) is 34.4 Å². The van der Waals surface area contributed by atoms with E-state index in [4.69, 9.17) is 5.84 Å². The minimum absolute atomic E-state index is 0.0192. The summed E-state index contributed by atoms with van der Waals surface area (Å²) in [5.74, 6) is 6.09. The van der Waals surface area contributed by atoms with Gasteiger partial charge in [-0.1, -0.05) is 98.4 Å². The standard InChI is InChI=1S/C33H39N7O3/c1-4-19-38(34)30-25(5-2)17-12-18-27(30)21-37-22-28-39(36(3)33(43)35-20-24-13-8-6-9-14-24)23-29(41)40(28)31(32(37)42)26-15-10-7-11-16-26/h5-18,28,31H,2,4,19-23,34H2,1,3H3,(H,35,43)/t28-,31+/m1/s1. The summed E-state index contributed by atoms with van der Waals surface area (Å²) in [6.45, 7) is 7.50. The van der Waals surface area contributed by atoms with Gasteiger partial charge in [0.25, 0.3) is 5.91 Å². The molecule has 0 radical (unpaired) electrons. The van der Waals surface area contributed by atoms with Crippen LogP contribution in [-0.4, -0.2) is 70.5 Å². The van der Waals surface area contributed by atoms with Crippen LogP contribution in [0.3, 0.4) is 0 Å². The molecule has 0 unspecified atom stereocenters. The van der Waals surface area contributed by atoms with Crippen LogP contribution in [0.25, 0.3) is 6.08 Å². The number of fused-ring (bicyclic) bond motifs is 1. The van der Waals surface area contributed by atoms with Crippen LogP contribution in [-0.2, 0) is 22.7 Å². The second-order valence-corrected chi connectivity index (χ2v) is 10.8. The number of benzene rings is 3.